The van der Waals surface area contributed by atoms with Crippen LogP contribution in [-0.4, -0.2) is 32.2 Å². The summed E-state index contributed by atoms with van der Waals surface area (Å²) < 4.78 is 17.4. The Morgan fingerprint density at radius 2 is 2.06 bits per heavy atom. The number of hydrogen-bond donors (Lipinski definition) is 1. The molecule has 2 N–H and O–H groups in total. The number of hydrogen-bond acceptors (Lipinski definition) is 4. The van der Waals surface area contributed by atoms with Gasteiger partial charge >= 0.3 is 5.97 Å². The molecule has 0 saturated heterocycles. The second-order valence-electron chi connectivity index (χ2n) is 3.97. The highest BCUT2D eigenvalue weighted by atomic mass is 19.1. The summed E-state index contributed by atoms with van der Waals surface area (Å²) in [7, 11) is 1.32. The molecule has 5 heteroatoms. The van der Waals surface area contributed by atoms with Crippen LogP contribution in [0.4, 0.5) is 10.1 Å². The first kappa shape index (κ1) is 14.4. The summed E-state index contributed by atoms with van der Waals surface area (Å²) in [6.07, 6.45) is 0.498. The van der Waals surface area contributed by atoms with Crippen LogP contribution < -0.4 is 10.6 Å². The Morgan fingerprint density at radius 1 is 1.44 bits per heavy atom. The Morgan fingerprint density at radius 3 is 2.56 bits per heavy atom. The molecule has 1 rings (SSSR count). The van der Waals surface area contributed by atoms with Crippen LogP contribution in [0.15, 0.2) is 24.3 Å². The Labute approximate surface area is 107 Å². The van der Waals surface area contributed by atoms with E-state index in [9.17, 15) is 9.18 Å². The smallest absolute Gasteiger partial charge is 0.322 e. The Hall–Kier alpha value is -1.62. The van der Waals surface area contributed by atoms with Crippen molar-refractivity contribution in [3.05, 3.63) is 30.1 Å². The minimum absolute atomic E-state index is 0.263. The molecular weight excluding hydrogens is 235 g/mol. The van der Waals surface area contributed by atoms with Gasteiger partial charge in [0.1, 0.15) is 11.9 Å². The molecule has 0 heterocycles. The van der Waals surface area contributed by atoms with Crippen LogP contribution >= 0.6 is 0 Å². The summed E-state index contributed by atoms with van der Waals surface area (Å²) in [5.74, 6) is -0.675. The van der Waals surface area contributed by atoms with Crippen molar-refractivity contribution in [2.75, 3.05) is 25.1 Å². The number of rotatable bonds is 6. The summed E-state index contributed by atoms with van der Waals surface area (Å²) in [5, 5.41) is 0. The molecular formula is C13H19FN2O2. The molecule has 0 aliphatic carbocycles. The highest BCUT2D eigenvalue weighted by molar-refractivity contribution is 5.75. The highest BCUT2D eigenvalue weighted by Gasteiger charge is 2.15. The van der Waals surface area contributed by atoms with Crippen LogP contribution in [-0.2, 0) is 9.53 Å². The number of ether oxygens (including phenoxy) is 1. The van der Waals surface area contributed by atoms with Crippen molar-refractivity contribution >= 4 is 11.7 Å². The molecule has 0 aliphatic rings. The van der Waals surface area contributed by atoms with E-state index < -0.39 is 12.0 Å². The van der Waals surface area contributed by atoms with E-state index in [4.69, 9.17) is 5.73 Å². The lowest BCUT2D eigenvalue weighted by Crippen LogP contribution is -2.36. The quantitative estimate of drug-likeness (QED) is 0.782. The number of halogens is 1. The zero-order valence-corrected chi connectivity index (χ0v) is 10.7. The zero-order chi connectivity index (χ0) is 13.5. The van der Waals surface area contributed by atoms with E-state index in [-0.39, 0.29) is 5.82 Å². The first-order chi connectivity index (χ1) is 8.58. The molecule has 1 unspecified atom stereocenters. The number of nitrogens with two attached hydrogens (primary N) is 1. The number of carbonyl (C=O) groups is 1. The summed E-state index contributed by atoms with van der Waals surface area (Å²) in [6, 6.07) is 5.63. The predicted molar refractivity (Wildman–Crippen MR) is 68.9 cm³/mol. The Balaban J connectivity index is 2.57. The van der Waals surface area contributed by atoms with Crippen molar-refractivity contribution < 1.29 is 13.9 Å². The number of esters is 1. The van der Waals surface area contributed by atoms with Crippen molar-refractivity contribution in [2.45, 2.75) is 19.4 Å². The normalized spacial score (nSPS) is 12.0. The molecule has 4 nitrogen and oxygen atoms in total. The van der Waals surface area contributed by atoms with Crippen LogP contribution in [0, 0.1) is 5.82 Å². The summed E-state index contributed by atoms with van der Waals surface area (Å²) in [4.78, 5) is 13.2. The average Bonchev–Trinajstić information content (AvgIpc) is 2.40. The maximum absolute atomic E-state index is 12.8. The molecule has 0 aliphatic heterocycles. The van der Waals surface area contributed by atoms with Gasteiger partial charge in [0.2, 0.25) is 0 Å². The van der Waals surface area contributed by atoms with E-state index in [0.29, 0.717) is 13.0 Å². The largest absolute Gasteiger partial charge is 0.468 e. The standard InChI is InChI=1S/C13H19FN2O2/c1-3-16(9-8-12(15)13(17)18-2)11-6-4-10(14)5-7-11/h4-7,12H,3,8-9,15H2,1-2H3. The summed E-state index contributed by atoms with van der Waals surface area (Å²) >= 11 is 0. The minimum Gasteiger partial charge on any atom is -0.468 e. The second-order valence-corrected chi connectivity index (χ2v) is 3.97. The van der Waals surface area contributed by atoms with Gasteiger partial charge < -0.3 is 15.4 Å². The van der Waals surface area contributed by atoms with Crippen LogP contribution in [0.2, 0.25) is 0 Å². The topological polar surface area (TPSA) is 55.6 Å². The van der Waals surface area contributed by atoms with Gasteiger partial charge in [-0.3, -0.25) is 4.79 Å². The van der Waals surface area contributed by atoms with E-state index in [0.717, 1.165) is 12.2 Å². The molecule has 0 radical (unpaired) electrons. The third-order valence-electron chi connectivity index (χ3n) is 2.79. The third-order valence-corrected chi connectivity index (χ3v) is 2.79. The van der Waals surface area contributed by atoms with Crippen LogP contribution in [0.3, 0.4) is 0 Å². The first-order valence-electron chi connectivity index (χ1n) is 5.92. The van der Waals surface area contributed by atoms with E-state index in [2.05, 4.69) is 4.74 Å². The molecule has 0 aromatic heterocycles. The lowest BCUT2D eigenvalue weighted by Gasteiger charge is -2.24. The molecule has 0 saturated carbocycles. The zero-order valence-electron chi connectivity index (χ0n) is 10.7. The summed E-state index contributed by atoms with van der Waals surface area (Å²) in [6.45, 7) is 3.38. The number of anilines is 1. The van der Waals surface area contributed by atoms with Crippen molar-refractivity contribution in [1.29, 1.82) is 0 Å². The van der Waals surface area contributed by atoms with Gasteiger partial charge in [0.25, 0.3) is 0 Å². The molecule has 0 bridgehead atoms. The molecule has 1 aromatic carbocycles. The maximum Gasteiger partial charge on any atom is 0.322 e. The Kier molecular flexibility index (Phi) is 5.58. The van der Waals surface area contributed by atoms with Crippen molar-refractivity contribution in [3.8, 4) is 0 Å². The van der Waals surface area contributed by atoms with Gasteiger partial charge in [0.15, 0.2) is 0 Å². The van der Waals surface area contributed by atoms with E-state index in [1.165, 1.54) is 19.2 Å². The summed E-state index contributed by atoms with van der Waals surface area (Å²) in [5.41, 5.74) is 6.58. The van der Waals surface area contributed by atoms with Gasteiger partial charge in [-0.15, -0.1) is 0 Å². The lowest BCUT2D eigenvalue weighted by atomic mass is 10.2. The van der Waals surface area contributed by atoms with E-state index in [1.807, 2.05) is 11.8 Å². The second kappa shape index (κ2) is 6.96. The molecule has 18 heavy (non-hydrogen) atoms. The highest BCUT2D eigenvalue weighted by Crippen LogP contribution is 2.15. The van der Waals surface area contributed by atoms with Gasteiger partial charge in [-0.1, -0.05) is 0 Å². The third kappa shape index (κ3) is 4.00. The van der Waals surface area contributed by atoms with E-state index >= 15 is 0 Å². The van der Waals surface area contributed by atoms with Gasteiger partial charge in [0.05, 0.1) is 7.11 Å². The van der Waals surface area contributed by atoms with Crippen LogP contribution in [0.5, 0.6) is 0 Å². The number of methoxy groups -OCH3 is 1. The fourth-order valence-corrected chi connectivity index (χ4v) is 1.69. The molecule has 0 amide bonds. The van der Waals surface area contributed by atoms with Gasteiger partial charge in [-0.05, 0) is 37.6 Å². The number of carbonyl (C=O) groups excluding carboxylic acids is 1. The van der Waals surface area contributed by atoms with Gasteiger partial charge in [0, 0.05) is 18.8 Å². The van der Waals surface area contributed by atoms with Crippen LogP contribution in [0.25, 0.3) is 0 Å². The molecule has 0 spiro atoms. The molecule has 100 valence electrons. The Bertz CT molecular complexity index is 381. The maximum atomic E-state index is 12.8. The first-order valence-corrected chi connectivity index (χ1v) is 5.92. The average molecular weight is 254 g/mol. The molecule has 0 fully saturated rings. The van der Waals surface area contributed by atoms with Crippen molar-refractivity contribution in [3.63, 3.8) is 0 Å². The SMILES string of the molecule is CCN(CCC(N)C(=O)OC)c1ccc(F)cc1. The fourth-order valence-electron chi connectivity index (χ4n) is 1.69. The minimum atomic E-state index is -0.621. The number of benzene rings is 1. The number of nitrogens with zero attached hydrogens (tertiary/aromatic N) is 1. The lowest BCUT2D eigenvalue weighted by molar-refractivity contribution is -0.142. The van der Waals surface area contributed by atoms with Crippen molar-refractivity contribution in [1.82, 2.24) is 0 Å². The molecule has 1 atom stereocenters. The monoisotopic (exact) mass is 254 g/mol. The predicted octanol–water partition coefficient (Wildman–Crippen LogP) is 1.54. The molecule has 1 aromatic rings. The van der Waals surface area contributed by atoms with Crippen LogP contribution in [0.1, 0.15) is 13.3 Å². The van der Waals surface area contributed by atoms with Crippen molar-refractivity contribution in [2.24, 2.45) is 5.73 Å². The van der Waals surface area contributed by atoms with Gasteiger partial charge in [-0.2, -0.15) is 0 Å². The van der Waals surface area contributed by atoms with Gasteiger partial charge in [-0.25, -0.2) is 4.39 Å². The fraction of sp³-hybridized carbons (Fsp3) is 0.462. The van der Waals surface area contributed by atoms with E-state index in [1.54, 1.807) is 12.1 Å².